The van der Waals surface area contributed by atoms with Crippen LogP contribution in [0.5, 0.6) is 0 Å². The van der Waals surface area contributed by atoms with E-state index in [1.165, 1.54) is 0 Å². The Kier molecular flexibility index (Phi) is 4.16. The van der Waals surface area contributed by atoms with E-state index in [2.05, 4.69) is 37.4 Å². The zero-order chi connectivity index (χ0) is 14.7. The molecule has 8 nitrogen and oxygen atoms in total. The smallest absolute Gasteiger partial charge is 0.241 e. The Labute approximate surface area is 123 Å². The minimum absolute atomic E-state index is 0.255. The van der Waals surface area contributed by atoms with Crippen LogP contribution in [0.1, 0.15) is 26.2 Å². The van der Waals surface area contributed by atoms with Crippen LogP contribution in [0.3, 0.4) is 0 Å². The molecule has 1 aliphatic heterocycles. The fourth-order valence-electron chi connectivity index (χ4n) is 2.68. The molecular formula is C13H21N7O. The van der Waals surface area contributed by atoms with Crippen molar-refractivity contribution in [1.29, 1.82) is 0 Å². The van der Waals surface area contributed by atoms with Gasteiger partial charge in [0.25, 0.3) is 0 Å². The number of nitrogens with one attached hydrogen (secondary N) is 2. The summed E-state index contributed by atoms with van der Waals surface area (Å²) in [5.41, 5.74) is 3.19. The number of hydrazine groups is 1. The van der Waals surface area contributed by atoms with E-state index in [9.17, 15) is 0 Å². The molecular weight excluding hydrogens is 270 g/mol. The summed E-state index contributed by atoms with van der Waals surface area (Å²) >= 11 is 0. The molecule has 3 heterocycles. The Hall–Kier alpha value is -1.93. The first-order valence-corrected chi connectivity index (χ1v) is 7.36. The highest BCUT2D eigenvalue weighted by atomic mass is 16.5. The molecule has 4 N–H and O–H groups in total. The summed E-state index contributed by atoms with van der Waals surface area (Å²) in [5.74, 6) is 6.69. The molecule has 0 aromatic carbocycles. The normalized spacial score (nSPS) is 19.1. The van der Waals surface area contributed by atoms with Crippen LogP contribution in [-0.4, -0.2) is 46.0 Å². The van der Waals surface area contributed by atoms with Gasteiger partial charge in [-0.15, -0.1) is 0 Å². The molecule has 0 aliphatic carbocycles. The van der Waals surface area contributed by atoms with Gasteiger partial charge < -0.3 is 9.64 Å². The van der Waals surface area contributed by atoms with Crippen LogP contribution < -0.4 is 16.2 Å². The van der Waals surface area contributed by atoms with Crippen LogP contribution in [0, 0.1) is 0 Å². The summed E-state index contributed by atoms with van der Waals surface area (Å²) in [5, 5.41) is 7.82. The first-order chi connectivity index (χ1) is 10.3. The second-order valence-electron chi connectivity index (χ2n) is 5.23. The van der Waals surface area contributed by atoms with Gasteiger partial charge in [0.1, 0.15) is 5.82 Å². The molecule has 1 unspecified atom stereocenters. The lowest BCUT2D eigenvalue weighted by atomic mass is 10.1. The second kappa shape index (κ2) is 6.23. The van der Waals surface area contributed by atoms with Crippen LogP contribution in [0.2, 0.25) is 0 Å². The molecule has 0 saturated carbocycles. The lowest BCUT2D eigenvalue weighted by Crippen LogP contribution is -2.40. The highest BCUT2D eigenvalue weighted by molar-refractivity contribution is 5.87. The number of H-pyrrole nitrogens is 1. The van der Waals surface area contributed by atoms with Gasteiger partial charge in [-0.2, -0.15) is 15.1 Å². The van der Waals surface area contributed by atoms with Crippen molar-refractivity contribution in [3.63, 3.8) is 0 Å². The highest BCUT2D eigenvalue weighted by Gasteiger charge is 2.24. The van der Waals surface area contributed by atoms with Crippen molar-refractivity contribution in [3.8, 4) is 0 Å². The number of piperidine rings is 1. The Balaban J connectivity index is 1.86. The fraction of sp³-hybridized carbons (Fsp3) is 0.615. The second-order valence-corrected chi connectivity index (χ2v) is 5.23. The zero-order valence-corrected chi connectivity index (χ0v) is 12.2. The number of hydrogen-bond donors (Lipinski definition) is 3. The van der Waals surface area contributed by atoms with Crippen LogP contribution in [0.15, 0.2) is 6.20 Å². The third kappa shape index (κ3) is 2.91. The number of rotatable bonds is 5. The monoisotopic (exact) mass is 291 g/mol. The Morgan fingerprint density at radius 2 is 2.43 bits per heavy atom. The molecule has 0 bridgehead atoms. The van der Waals surface area contributed by atoms with E-state index in [4.69, 9.17) is 10.6 Å². The van der Waals surface area contributed by atoms with Gasteiger partial charge in [-0.1, -0.05) is 6.92 Å². The molecule has 1 fully saturated rings. The van der Waals surface area contributed by atoms with Gasteiger partial charge in [0.2, 0.25) is 5.95 Å². The minimum Gasteiger partial charge on any atom is -0.376 e. The zero-order valence-electron chi connectivity index (χ0n) is 12.2. The van der Waals surface area contributed by atoms with E-state index in [0.717, 1.165) is 50.2 Å². The van der Waals surface area contributed by atoms with Gasteiger partial charge in [0.05, 0.1) is 17.7 Å². The Morgan fingerprint density at radius 1 is 1.52 bits per heavy atom. The molecule has 0 amide bonds. The number of nitrogen functional groups attached to an aromatic ring is 1. The topological polar surface area (TPSA) is 105 Å². The van der Waals surface area contributed by atoms with Crippen LogP contribution in [0.25, 0.3) is 11.0 Å². The highest BCUT2D eigenvalue weighted by Crippen LogP contribution is 2.27. The van der Waals surface area contributed by atoms with Gasteiger partial charge >= 0.3 is 0 Å². The molecule has 1 atom stereocenters. The largest absolute Gasteiger partial charge is 0.376 e. The van der Waals surface area contributed by atoms with Crippen molar-refractivity contribution in [2.75, 3.05) is 30.0 Å². The van der Waals surface area contributed by atoms with Crippen molar-refractivity contribution in [1.82, 2.24) is 20.2 Å². The van der Waals surface area contributed by atoms with Gasteiger partial charge in [0.15, 0.2) is 5.65 Å². The maximum absolute atomic E-state index is 5.89. The minimum atomic E-state index is 0.255. The average molecular weight is 291 g/mol. The lowest BCUT2D eigenvalue weighted by molar-refractivity contribution is 0.0440. The van der Waals surface area contributed by atoms with Gasteiger partial charge in [0, 0.05) is 19.7 Å². The lowest BCUT2D eigenvalue weighted by Gasteiger charge is -2.33. The maximum Gasteiger partial charge on any atom is 0.241 e. The summed E-state index contributed by atoms with van der Waals surface area (Å²) in [6, 6.07) is 0. The molecule has 21 heavy (non-hydrogen) atoms. The molecule has 3 rings (SSSR count). The van der Waals surface area contributed by atoms with Crippen LogP contribution >= 0.6 is 0 Å². The molecule has 2 aromatic heterocycles. The molecule has 1 aliphatic rings. The Morgan fingerprint density at radius 3 is 3.24 bits per heavy atom. The van der Waals surface area contributed by atoms with Crippen LogP contribution in [-0.2, 0) is 4.74 Å². The molecule has 0 spiro atoms. The number of nitrogens with two attached hydrogens (primary N) is 1. The van der Waals surface area contributed by atoms with Gasteiger partial charge in [-0.3, -0.25) is 10.5 Å². The third-order valence-corrected chi connectivity index (χ3v) is 3.65. The van der Waals surface area contributed by atoms with E-state index >= 15 is 0 Å². The van der Waals surface area contributed by atoms with Crippen molar-refractivity contribution < 1.29 is 4.74 Å². The summed E-state index contributed by atoms with van der Waals surface area (Å²) in [7, 11) is 0. The quantitative estimate of drug-likeness (QED) is 0.558. The SMILES string of the molecule is CCCOC1CCCN(c2nc(NN)nc3[nH]ncc23)C1. The summed E-state index contributed by atoms with van der Waals surface area (Å²) in [4.78, 5) is 11.0. The van der Waals surface area contributed by atoms with Crippen molar-refractivity contribution >= 4 is 22.8 Å². The van der Waals surface area contributed by atoms with E-state index in [0.29, 0.717) is 11.6 Å². The number of fused-ring (bicyclic) bond motifs is 1. The van der Waals surface area contributed by atoms with Crippen LogP contribution in [0.4, 0.5) is 11.8 Å². The predicted octanol–water partition coefficient (Wildman–Crippen LogP) is 1.03. The maximum atomic E-state index is 5.89. The fourth-order valence-corrected chi connectivity index (χ4v) is 2.68. The standard InChI is InChI=1S/C13H21N7O/c1-2-6-21-9-4-3-5-20(8-9)12-10-7-15-19-11(10)16-13(17-12)18-14/h7,9H,2-6,8,14H2,1H3,(H2,15,16,17,18,19). The number of hydrogen-bond acceptors (Lipinski definition) is 7. The van der Waals surface area contributed by atoms with E-state index < -0.39 is 0 Å². The van der Waals surface area contributed by atoms with Crippen molar-refractivity contribution in [3.05, 3.63) is 6.20 Å². The number of ether oxygens (including phenoxy) is 1. The van der Waals surface area contributed by atoms with Crippen molar-refractivity contribution in [2.24, 2.45) is 5.84 Å². The predicted molar refractivity (Wildman–Crippen MR) is 81.0 cm³/mol. The summed E-state index contributed by atoms with van der Waals surface area (Å²) in [6.07, 6.45) is 5.23. The summed E-state index contributed by atoms with van der Waals surface area (Å²) < 4.78 is 5.89. The molecule has 8 heteroatoms. The van der Waals surface area contributed by atoms with Gasteiger partial charge in [-0.25, -0.2) is 5.84 Å². The Bertz CT molecular complexity index is 599. The molecule has 1 saturated heterocycles. The average Bonchev–Trinajstić information content (AvgIpc) is 3.00. The van der Waals surface area contributed by atoms with E-state index in [1.54, 1.807) is 6.20 Å². The number of nitrogens with zero attached hydrogens (tertiary/aromatic N) is 4. The van der Waals surface area contributed by atoms with Crippen molar-refractivity contribution in [2.45, 2.75) is 32.3 Å². The molecule has 2 aromatic rings. The number of aromatic amines is 1. The van der Waals surface area contributed by atoms with Gasteiger partial charge in [-0.05, 0) is 19.3 Å². The first-order valence-electron chi connectivity index (χ1n) is 7.36. The number of anilines is 2. The van der Waals surface area contributed by atoms with E-state index in [-0.39, 0.29) is 6.10 Å². The van der Waals surface area contributed by atoms with E-state index in [1.807, 2.05) is 0 Å². The first kappa shape index (κ1) is 14.0. The molecule has 0 radical (unpaired) electrons. The number of aromatic nitrogens is 4. The third-order valence-electron chi connectivity index (χ3n) is 3.65. The molecule has 114 valence electrons. The summed E-state index contributed by atoms with van der Waals surface area (Å²) in [6.45, 7) is 4.72.